The predicted octanol–water partition coefficient (Wildman–Crippen LogP) is 8.60. The van der Waals surface area contributed by atoms with Gasteiger partial charge in [0, 0.05) is 52.5 Å². The molecule has 1 aromatic carbocycles. The van der Waals surface area contributed by atoms with Crippen LogP contribution in [0.1, 0.15) is 77.1 Å². The summed E-state index contributed by atoms with van der Waals surface area (Å²) in [4.78, 5) is 34.3. The lowest BCUT2D eigenvalue weighted by molar-refractivity contribution is -0.138. The molecule has 2 heterocycles. The van der Waals surface area contributed by atoms with Gasteiger partial charge in [0.1, 0.15) is 0 Å². The van der Waals surface area contributed by atoms with Gasteiger partial charge in [0.2, 0.25) is 31.5 Å². The van der Waals surface area contributed by atoms with Crippen molar-refractivity contribution in [2.45, 2.75) is 110 Å². The van der Waals surface area contributed by atoms with Crippen molar-refractivity contribution in [2.75, 3.05) is 24.6 Å². The summed E-state index contributed by atoms with van der Waals surface area (Å²) in [5.74, 6) is -0.844. The Kier molecular flexibility index (Phi) is 15.6. The second kappa shape index (κ2) is 19.1. The van der Waals surface area contributed by atoms with Crippen LogP contribution < -0.4 is 10.6 Å². The van der Waals surface area contributed by atoms with E-state index in [-0.39, 0.29) is 23.8 Å². The van der Waals surface area contributed by atoms with E-state index in [4.69, 9.17) is 0 Å². The quantitative estimate of drug-likeness (QED) is 0.0765. The molecule has 2 aromatic heterocycles. The molecule has 1 aliphatic carbocycles. The highest BCUT2D eigenvalue weighted by Gasteiger charge is 2.46. The number of aryl methyl sites for hydroxylation is 1. The number of nitrogens with one attached hydrogen (secondary N) is 2. The van der Waals surface area contributed by atoms with E-state index in [2.05, 4.69) is 58.7 Å². The molecule has 2 atom stereocenters. The number of carbonyl (C=O) groups excluding carboxylic acids is 2. The minimum absolute atomic E-state index is 0.0215. The van der Waals surface area contributed by atoms with Crippen molar-refractivity contribution >= 4 is 55.0 Å². The fourth-order valence-electron chi connectivity index (χ4n) is 6.92. The second-order valence-corrected chi connectivity index (χ2v) is 23.3. The number of alkyl halides is 6. The van der Waals surface area contributed by atoms with Crippen LogP contribution in [0.25, 0.3) is 0 Å². The van der Waals surface area contributed by atoms with Crippen LogP contribution in [0.3, 0.4) is 0 Å². The van der Waals surface area contributed by atoms with Gasteiger partial charge < -0.3 is 10.6 Å². The van der Waals surface area contributed by atoms with Crippen molar-refractivity contribution in [3.63, 3.8) is 0 Å². The van der Waals surface area contributed by atoms with Gasteiger partial charge in [-0.25, -0.2) is 26.8 Å². The Labute approximate surface area is 367 Å². The van der Waals surface area contributed by atoms with Gasteiger partial charge in [-0.15, -0.1) is 11.8 Å². The third kappa shape index (κ3) is 10.9. The van der Waals surface area contributed by atoms with Gasteiger partial charge in [-0.1, -0.05) is 36.3 Å². The normalized spacial score (nSPS) is 17.9. The monoisotopic (exact) mass is 948 g/mol. The van der Waals surface area contributed by atoms with Crippen LogP contribution in [0, 0.1) is 12.3 Å². The Morgan fingerprint density at radius 2 is 1.21 bits per heavy atom. The number of nitrogens with zero attached hydrogens (tertiary/aromatic N) is 2. The highest BCUT2D eigenvalue weighted by atomic mass is 32.2. The molecule has 10 nitrogen and oxygen atoms in total. The summed E-state index contributed by atoms with van der Waals surface area (Å²) >= 11 is 3.08. The molecule has 0 radical (unpaired) electrons. The number of aromatic nitrogens is 2. The Hall–Kier alpha value is -3.88. The van der Waals surface area contributed by atoms with Gasteiger partial charge in [-0.05, 0) is 109 Å². The van der Waals surface area contributed by atoms with Crippen molar-refractivity contribution in [3.8, 4) is 0 Å². The summed E-state index contributed by atoms with van der Waals surface area (Å²) < 4.78 is 127. The molecule has 0 bridgehead atoms. The maximum atomic E-state index is 13.3. The van der Waals surface area contributed by atoms with E-state index in [1.54, 1.807) is 11.8 Å². The number of hydrogen-bond acceptors (Lipinski definition) is 10. The first kappa shape index (κ1) is 50.8. The number of thioether (sulfide) groups is 2. The van der Waals surface area contributed by atoms with Gasteiger partial charge >= 0.3 is 12.4 Å². The van der Waals surface area contributed by atoms with Gasteiger partial charge in [-0.2, -0.15) is 38.1 Å². The molecule has 2 amide bonds. The van der Waals surface area contributed by atoms with Crippen LogP contribution in [-0.2, 0) is 48.0 Å². The number of amides is 2. The maximum absolute atomic E-state index is 13.3. The number of pyridine rings is 2. The summed E-state index contributed by atoms with van der Waals surface area (Å²) in [5.41, 5.74) is 1.76. The maximum Gasteiger partial charge on any atom is 0.417 e. The number of rotatable bonds is 17. The summed E-state index contributed by atoms with van der Waals surface area (Å²) in [6.07, 6.45) is -2.99. The molecule has 2 unspecified atom stereocenters. The topological polar surface area (TPSA) is 152 Å². The molecule has 0 fully saturated rings. The average molecular weight is 949 g/mol. The summed E-state index contributed by atoms with van der Waals surface area (Å²) in [7, 11) is -8.91. The number of allylic oxidation sites excluding steroid dienone is 3. The minimum atomic E-state index is -4.70. The Balaban J connectivity index is 1.39. The molecule has 62 heavy (non-hydrogen) atoms. The lowest BCUT2D eigenvalue weighted by atomic mass is 9.67. The third-order valence-corrected chi connectivity index (χ3v) is 18.2. The zero-order valence-electron chi connectivity index (χ0n) is 35.4. The molecule has 0 spiro atoms. The largest absolute Gasteiger partial charge is 0.417 e. The van der Waals surface area contributed by atoms with E-state index < -0.39 is 74.5 Å². The van der Waals surface area contributed by atoms with Crippen LogP contribution >= 0.6 is 23.5 Å². The van der Waals surface area contributed by atoms with Crippen LogP contribution in [0.4, 0.5) is 26.3 Å². The lowest BCUT2D eigenvalue weighted by Gasteiger charge is -2.44. The molecule has 2 N–H and O–H groups in total. The van der Waals surface area contributed by atoms with Gasteiger partial charge in [0.05, 0.1) is 11.1 Å². The molecule has 340 valence electrons. The van der Waals surface area contributed by atoms with Crippen LogP contribution in [0.15, 0.2) is 93.1 Å². The van der Waals surface area contributed by atoms with E-state index in [0.717, 1.165) is 45.7 Å². The van der Waals surface area contributed by atoms with Gasteiger partial charge in [0.15, 0.2) is 19.5 Å². The molecule has 0 aliphatic heterocycles. The highest BCUT2D eigenvalue weighted by Crippen LogP contribution is 2.49. The molecular formula is C42H50F6N4O6S4. The molecule has 20 heteroatoms. The Morgan fingerprint density at radius 3 is 1.65 bits per heavy atom. The fraction of sp³-hybridized carbons (Fsp3) is 0.476. The van der Waals surface area contributed by atoms with Crippen molar-refractivity contribution in [1.82, 2.24) is 20.6 Å². The number of halogens is 6. The Bertz CT molecular complexity index is 2420. The highest BCUT2D eigenvalue weighted by molar-refractivity contribution is 8.00. The first-order chi connectivity index (χ1) is 28.5. The number of sulfone groups is 2. The van der Waals surface area contributed by atoms with E-state index in [1.165, 1.54) is 39.5 Å². The lowest BCUT2D eigenvalue weighted by Crippen LogP contribution is -2.49. The standard InChI is InChI=1S/C42H50F6N4O6S4/c1-9-40(28(4)11-10-27(3)35(40)60-19-17-50-37(54)39(7,8)62(57,58)34-15-13-31(25-52-34)42(46,47)48)23-29-20-26(2)21-32(22-29)59-18-16-49-36(53)38(5,6)61(55,56)33-14-12-30(24-51-33)41(43,44)45/h10-15,20-22,24-25,35H,9,16-19,23H2,1-8H3,(H,49,53)(H,50,54). The summed E-state index contributed by atoms with van der Waals surface area (Å²) in [6, 6.07) is 8.86. The number of carbonyl (C=O) groups is 2. The zero-order chi connectivity index (χ0) is 46.7. The summed E-state index contributed by atoms with van der Waals surface area (Å²) in [5, 5.41) is 4.02. The average Bonchev–Trinajstić information content (AvgIpc) is 3.19. The first-order valence-electron chi connectivity index (χ1n) is 19.3. The number of hydrogen-bond donors (Lipinski definition) is 2. The van der Waals surface area contributed by atoms with Crippen molar-refractivity contribution in [1.29, 1.82) is 0 Å². The SMILES string of the molecule is CCC1(Cc2cc(C)cc(SCCNC(=O)C(C)(C)S(=O)(=O)c3ccc(C(F)(F)F)cn3)c2)C(C)=CC=C(C)C1SCCNC(=O)C(C)(C)S(=O)(=O)c1ccc(C(F)(F)F)cn1. The molecule has 0 saturated carbocycles. The van der Waals surface area contributed by atoms with Crippen LogP contribution in [-0.4, -0.2) is 78.0 Å². The first-order valence-corrected chi connectivity index (χ1v) is 24.4. The minimum Gasteiger partial charge on any atom is -0.354 e. The number of benzene rings is 1. The van der Waals surface area contributed by atoms with E-state index >= 15 is 0 Å². The van der Waals surface area contributed by atoms with Crippen LogP contribution in [0.5, 0.6) is 0 Å². The second-order valence-electron chi connectivity index (χ2n) is 16.0. The van der Waals surface area contributed by atoms with Gasteiger partial charge in [-0.3, -0.25) is 9.59 Å². The van der Waals surface area contributed by atoms with Crippen molar-refractivity contribution < 1.29 is 52.8 Å². The predicted molar refractivity (Wildman–Crippen MR) is 229 cm³/mol. The van der Waals surface area contributed by atoms with Crippen molar-refractivity contribution in [2.24, 2.45) is 5.41 Å². The molecule has 3 aromatic rings. The third-order valence-electron chi connectivity index (χ3n) is 11.0. The van der Waals surface area contributed by atoms with E-state index in [1.807, 2.05) is 19.9 Å². The van der Waals surface area contributed by atoms with Crippen molar-refractivity contribution in [3.05, 3.63) is 100 Å². The van der Waals surface area contributed by atoms with E-state index in [0.29, 0.717) is 42.5 Å². The van der Waals surface area contributed by atoms with Crippen LogP contribution in [0.2, 0.25) is 0 Å². The molecule has 0 saturated heterocycles. The van der Waals surface area contributed by atoms with Gasteiger partial charge in [0.25, 0.3) is 0 Å². The smallest absolute Gasteiger partial charge is 0.354 e. The molecule has 4 rings (SSSR count). The summed E-state index contributed by atoms with van der Waals surface area (Å²) in [6.45, 7) is 13.1. The van der Waals surface area contributed by atoms with E-state index in [9.17, 15) is 52.8 Å². The molecule has 1 aliphatic rings. The zero-order valence-corrected chi connectivity index (χ0v) is 38.7. The fourth-order valence-corrected chi connectivity index (χ4v) is 12.0. The molecular weight excluding hydrogens is 899 g/mol. The Morgan fingerprint density at radius 1 is 0.726 bits per heavy atom.